The molecule has 1 N–H and O–H groups in total. The van der Waals surface area contributed by atoms with Gasteiger partial charge in [0.05, 0.1) is 10.6 Å². The first kappa shape index (κ1) is 18.3. The number of thiophene rings is 1. The lowest BCUT2D eigenvalue weighted by Gasteiger charge is -1.99. The van der Waals surface area contributed by atoms with E-state index in [0.717, 1.165) is 37.5 Å². The second-order valence-corrected chi connectivity index (χ2v) is 9.30. The van der Waals surface area contributed by atoms with Crippen molar-refractivity contribution in [2.24, 2.45) is 0 Å². The number of amides is 1. The van der Waals surface area contributed by atoms with Crippen LogP contribution >= 0.6 is 45.6 Å². The molecule has 0 aliphatic rings. The predicted octanol–water partition coefficient (Wildman–Crippen LogP) is 6.13. The Balaban J connectivity index is 1.46. The molecule has 3 heterocycles. The summed E-state index contributed by atoms with van der Waals surface area (Å²) in [6.45, 7) is 1.86. The van der Waals surface area contributed by atoms with Crippen LogP contribution in [-0.4, -0.2) is 15.9 Å². The molecule has 0 unspecified atom stereocenters. The molecule has 0 atom stereocenters. The van der Waals surface area contributed by atoms with Crippen LogP contribution in [0.25, 0.3) is 9.88 Å². The first-order chi connectivity index (χ1) is 13.1. The molecule has 3 aromatic heterocycles. The molecule has 0 spiro atoms. The number of benzene rings is 1. The van der Waals surface area contributed by atoms with Gasteiger partial charge in [-0.25, -0.2) is 9.97 Å². The van der Waals surface area contributed by atoms with E-state index < -0.39 is 0 Å². The van der Waals surface area contributed by atoms with E-state index in [-0.39, 0.29) is 5.91 Å². The van der Waals surface area contributed by atoms with Crippen molar-refractivity contribution < 1.29 is 4.79 Å². The van der Waals surface area contributed by atoms with E-state index in [1.165, 1.54) is 22.7 Å². The smallest absolute Gasteiger partial charge is 0.269 e. The lowest BCUT2D eigenvalue weighted by Crippen LogP contribution is -2.11. The summed E-state index contributed by atoms with van der Waals surface area (Å²) in [4.78, 5) is 24.3. The van der Waals surface area contributed by atoms with Gasteiger partial charge in [-0.15, -0.1) is 34.0 Å². The fourth-order valence-electron chi connectivity index (χ4n) is 2.52. The highest BCUT2D eigenvalue weighted by atomic mass is 35.5. The van der Waals surface area contributed by atoms with Gasteiger partial charge in [-0.2, -0.15) is 0 Å². The molecule has 4 aromatic rings. The third-order valence-electron chi connectivity index (χ3n) is 3.80. The summed E-state index contributed by atoms with van der Waals surface area (Å²) in [5, 5.41) is 7.08. The van der Waals surface area contributed by atoms with Crippen LogP contribution in [0, 0.1) is 6.92 Å². The summed E-state index contributed by atoms with van der Waals surface area (Å²) in [5.41, 5.74) is 1.89. The van der Waals surface area contributed by atoms with E-state index in [4.69, 9.17) is 11.6 Å². The Bertz CT molecular complexity index is 1070. The Morgan fingerprint density at radius 2 is 2.00 bits per heavy atom. The number of carbonyl (C=O) groups excluding carboxylic acids is 1. The summed E-state index contributed by atoms with van der Waals surface area (Å²) in [6, 6.07) is 11.7. The minimum atomic E-state index is -0.166. The number of aromatic nitrogens is 2. The molecule has 0 bridgehead atoms. The van der Waals surface area contributed by atoms with Crippen LogP contribution in [0.1, 0.15) is 25.8 Å². The monoisotopic (exact) mass is 431 g/mol. The van der Waals surface area contributed by atoms with Crippen LogP contribution in [0.4, 0.5) is 5.13 Å². The van der Waals surface area contributed by atoms with Gasteiger partial charge in [0, 0.05) is 22.5 Å². The maximum absolute atomic E-state index is 12.6. The maximum Gasteiger partial charge on any atom is 0.269 e. The van der Waals surface area contributed by atoms with Crippen molar-refractivity contribution in [2.45, 2.75) is 13.3 Å². The van der Waals surface area contributed by atoms with E-state index in [1.807, 2.05) is 48.7 Å². The molecule has 4 nitrogen and oxygen atoms in total. The van der Waals surface area contributed by atoms with Crippen LogP contribution in [0.3, 0.4) is 0 Å². The molecule has 0 saturated heterocycles. The maximum atomic E-state index is 12.6. The first-order valence-corrected chi connectivity index (χ1v) is 11.0. The number of hydrogen-bond donors (Lipinski definition) is 1. The highest BCUT2D eigenvalue weighted by Gasteiger charge is 2.18. The SMILES string of the molecule is Cc1nc(-c2cccs2)sc1C(=O)Nc1ncc(Cc2ccc(Cl)cc2)s1. The third kappa shape index (κ3) is 4.27. The topological polar surface area (TPSA) is 54.9 Å². The summed E-state index contributed by atoms with van der Waals surface area (Å²) in [7, 11) is 0. The molecular formula is C19H14ClN3OS3. The van der Waals surface area contributed by atoms with Gasteiger partial charge in [-0.1, -0.05) is 29.8 Å². The second kappa shape index (κ2) is 7.90. The number of aryl methyl sites for hydroxylation is 1. The number of carbonyl (C=O) groups is 1. The van der Waals surface area contributed by atoms with Crippen LogP contribution in [-0.2, 0) is 6.42 Å². The molecule has 4 rings (SSSR count). The minimum absolute atomic E-state index is 0.166. The molecule has 27 heavy (non-hydrogen) atoms. The van der Waals surface area contributed by atoms with Crippen LogP contribution in [0.5, 0.6) is 0 Å². The van der Waals surface area contributed by atoms with Gasteiger partial charge < -0.3 is 0 Å². The Morgan fingerprint density at radius 1 is 1.19 bits per heavy atom. The molecule has 0 radical (unpaired) electrons. The average molecular weight is 432 g/mol. The van der Waals surface area contributed by atoms with E-state index in [2.05, 4.69) is 15.3 Å². The minimum Gasteiger partial charge on any atom is -0.297 e. The zero-order valence-corrected chi connectivity index (χ0v) is 17.4. The van der Waals surface area contributed by atoms with E-state index in [9.17, 15) is 4.79 Å². The molecule has 0 aliphatic carbocycles. The Hall–Kier alpha value is -2.06. The third-order valence-corrected chi connectivity index (χ3v) is 7.16. The molecule has 136 valence electrons. The first-order valence-electron chi connectivity index (χ1n) is 8.10. The van der Waals surface area contributed by atoms with Crippen molar-refractivity contribution in [1.82, 2.24) is 9.97 Å². The molecule has 8 heteroatoms. The molecule has 0 aliphatic heterocycles. The van der Waals surface area contributed by atoms with Crippen LogP contribution < -0.4 is 5.32 Å². The highest BCUT2D eigenvalue weighted by Crippen LogP contribution is 2.32. The number of halogens is 1. The van der Waals surface area contributed by atoms with Crippen molar-refractivity contribution in [3.63, 3.8) is 0 Å². The predicted molar refractivity (Wildman–Crippen MR) is 114 cm³/mol. The van der Waals surface area contributed by atoms with Gasteiger partial charge in [-0.3, -0.25) is 10.1 Å². The van der Waals surface area contributed by atoms with Crippen LogP contribution in [0.2, 0.25) is 5.02 Å². The van der Waals surface area contributed by atoms with Crippen molar-refractivity contribution in [1.29, 1.82) is 0 Å². The van der Waals surface area contributed by atoms with Crippen molar-refractivity contribution in [2.75, 3.05) is 5.32 Å². The van der Waals surface area contributed by atoms with Gasteiger partial charge in [0.15, 0.2) is 5.13 Å². The van der Waals surface area contributed by atoms with Crippen molar-refractivity contribution in [3.05, 3.63) is 74.0 Å². The zero-order valence-electron chi connectivity index (χ0n) is 14.2. The fraction of sp³-hybridized carbons (Fsp3) is 0.105. The van der Waals surface area contributed by atoms with Crippen molar-refractivity contribution in [3.8, 4) is 9.88 Å². The number of anilines is 1. The lowest BCUT2D eigenvalue weighted by molar-refractivity contribution is 0.103. The Morgan fingerprint density at radius 3 is 2.74 bits per heavy atom. The van der Waals surface area contributed by atoms with E-state index >= 15 is 0 Å². The standard InChI is InChI=1S/C19H14ClN3OS3/c1-11-16(27-18(22-11)15-3-2-8-25-15)17(24)23-19-21-10-14(26-19)9-12-4-6-13(20)7-5-12/h2-8,10H,9H2,1H3,(H,21,23,24). The van der Waals surface area contributed by atoms with Gasteiger partial charge in [-0.05, 0) is 36.1 Å². The summed E-state index contributed by atoms with van der Waals surface area (Å²) >= 11 is 10.4. The van der Waals surface area contributed by atoms with Crippen LogP contribution in [0.15, 0.2) is 48.0 Å². The van der Waals surface area contributed by atoms with Gasteiger partial charge in [0.2, 0.25) is 0 Å². The second-order valence-electron chi connectivity index (χ2n) is 5.80. The molecule has 0 fully saturated rings. The Labute approximate surface area is 173 Å². The largest absolute Gasteiger partial charge is 0.297 e. The number of nitrogens with one attached hydrogen (secondary N) is 1. The molecule has 0 saturated carbocycles. The highest BCUT2D eigenvalue weighted by molar-refractivity contribution is 7.22. The number of thiazole rings is 2. The quantitative estimate of drug-likeness (QED) is 0.413. The summed E-state index contributed by atoms with van der Waals surface area (Å²) in [6.07, 6.45) is 2.55. The molecular weight excluding hydrogens is 418 g/mol. The fourth-order valence-corrected chi connectivity index (χ4v) is 5.24. The molecule has 1 amide bonds. The number of rotatable bonds is 5. The van der Waals surface area contributed by atoms with E-state index in [0.29, 0.717) is 10.0 Å². The van der Waals surface area contributed by atoms with E-state index in [1.54, 1.807) is 17.5 Å². The number of hydrogen-bond acceptors (Lipinski definition) is 6. The molecule has 1 aromatic carbocycles. The number of nitrogens with zero attached hydrogens (tertiary/aromatic N) is 2. The average Bonchev–Trinajstić information content (AvgIpc) is 3.38. The lowest BCUT2D eigenvalue weighted by atomic mass is 10.1. The normalized spacial score (nSPS) is 10.9. The van der Waals surface area contributed by atoms with Gasteiger partial charge in [0.1, 0.15) is 9.88 Å². The van der Waals surface area contributed by atoms with Gasteiger partial charge >= 0.3 is 0 Å². The zero-order chi connectivity index (χ0) is 18.8. The Kier molecular flexibility index (Phi) is 5.36. The summed E-state index contributed by atoms with van der Waals surface area (Å²) < 4.78 is 0. The van der Waals surface area contributed by atoms with Crippen molar-refractivity contribution >= 4 is 56.7 Å². The van der Waals surface area contributed by atoms with Gasteiger partial charge in [0.25, 0.3) is 5.91 Å². The summed E-state index contributed by atoms with van der Waals surface area (Å²) in [5.74, 6) is -0.166.